The summed E-state index contributed by atoms with van der Waals surface area (Å²) in [7, 11) is 3.09. The van der Waals surface area contributed by atoms with E-state index in [1.807, 2.05) is 5.94 Å². The molecule has 0 spiro atoms. The standard InChI is InChI=1S/C13H12N2O3/c1-17-9-3-5-14-11(7-9)13-10(8-16)12(18-2)4-6-15-13/h3-7,12H,1-2H3. The molecule has 1 aromatic heterocycles. The molecule has 0 saturated heterocycles. The average Bonchev–Trinajstić information content (AvgIpc) is 2.46. The van der Waals surface area contributed by atoms with E-state index in [-0.39, 0.29) is 0 Å². The molecule has 0 N–H and O–H groups in total. The summed E-state index contributed by atoms with van der Waals surface area (Å²) in [5.41, 5.74) is 1.35. The molecule has 0 radical (unpaired) electrons. The second-order valence-electron chi connectivity index (χ2n) is 3.57. The molecule has 0 fully saturated rings. The number of rotatable bonds is 3. The first-order chi connectivity index (χ1) is 8.80. The highest BCUT2D eigenvalue weighted by atomic mass is 16.5. The normalized spacial score (nSPS) is 18.2. The van der Waals surface area contributed by atoms with Crippen molar-refractivity contribution >= 4 is 11.7 Å². The largest absolute Gasteiger partial charge is 0.497 e. The van der Waals surface area contributed by atoms with E-state index in [4.69, 9.17) is 9.47 Å². The highest BCUT2D eigenvalue weighted by Crippen LogP contribution is 2.19. The zero-order chi connectivity index (χ0) is 13.0. The number of hydrogen-bond donors (Lipinski definition) is 0. The van der Waals surface area contributed by atoms with Crippen molar-refractivity contribution < 1.29 is 14.3 Å². The molecular weight excluding hydrogens is 232 g/mol. The fourth-order valence-corrected chi connectivity index (χ4v) is 1.67. The van der Waals surface area contributed by atoms with Gasteiger partial charge >= 0.3 is 0 Å². The Bertz CT molecular complexity index is 557. The van der Waals surface area contributed by atoms with Crippen LogP contribution in [0.25, 0.3) is 0 Å². The first kappa shape index (κ1) is 12.2. The predicted molar refractivity (Wildman–Crippen MR) is 66.5 cm³/mol. The number of methoxy groups -OCH3 is 2. The first-order valence-electron chi connectivity index (χ1n) is 5.33. The Kier molecular flexibility index (Phi) is 3.67. The van der Waals surface area contributed by atoms with Crippen molar-refractivity contribution in [2.45, 2.75) is 6.10 Å². The van der Waals surface area contributed by atoms with Crippen LogP contribution in [0, 0.1) is 0 Å². The summed E-state index contributed by atoms with van der Waals surface area (Å²) in [6.45, 7) is 0. The summed E-state index contributed by atoms with van der Waals surface area (Å²) in [5.74, 6) is 2.52. The van der Waals surface area contributed by atoms with Gasteiger partial charge in [-0.15, -0.1) is 0 Å². The number of aromatic nitrogens is 1. The van der Waals surface area contributed by atoms with Gasteiger partial charge in [-0.25, -0.2) is 4.79 Å². The molecule has 1 aliphatic heterocycles. The van der Waals surface area contributed by atoms with Gasteiger partial charge in [-0.05, 0) is 12.1 Å². The van der Waals surface area contributed by atoms with Crippen molar-refractivity contribution in [1.82, 2.24) is 4.98 Å². The maximum absolute atomic E-state index is 11.1. The van der Waals surface area contributed by atoms with Crippen LogP contribution in [0.4, 0.5) is 0 Å². The Morgan fingerprint density at radius 3 is 2.89 bits per heavy atom. The van der Waals surface area contributed by atoms with Gasteiger partial charge in [0.15, 0.2) is 0 Å². The quantitative estimate of drug-likeness (QED) is 0.749. The maximum Gasteiger partial charge on any atom is 0.133 e. The molecule has 0 bridgehead atoms. The van der Waals surface area contributed by atoms with Crippen LogP contribution in [0.1, 0.15) is 5.69 Å². The smallest absolute Gasteiger partial charge is 0.133 e. The van der Waals surface area contributed by atoms with Crippen LogP contribution in [0.3, 0.4) is 0 Å². The van der Waals surface area contributed by atoms with Gasteiger partial charge in [-0.2, -0.15) is 0 Å². The molecular formula is C13H12N2O3. The second-order valence-corrected chi connectivity index (χ2v) is 3.57. The van der Waals surface area contributed by atoms with E-state index in [9.17, 15) is 4.79 Å². The average molecular weight is 244 g/mol. The lowest BCUT2D eigenvalue weighted by Crippen LogP contribution is -2.23. The van der Waals surface area contributed by atoms with Crippen LogP contribution in [-0.2, 0) is 9.53 Å². The van der Waals surface area contributed by atoms with Gasteiger partial charge in [0.05, 0.1) is 18.4 Å². The summed E-state index contributed by atoms with van der Waals surface area (Å²) >= 11 is 0. The molecule has 0 aromatic carbocycles. The van der Waals surface area contributed by atoms with Gasteiger partial charge in [-0.3, -0.25) is 9.98 Å². The Hall–Kier alpha value is -2.23. The fourth-order valence-electron chi connectivity index (χ4n) is 1.67. The molecule has 1 aliphatic rings. The number of carbonyl (C=O) groups excluding carboxylic acids is 1. The van der Waals surface area contributed by atoms with Gasteiger partial charge in [0.2, 0.25) is 0 Å². The third-order valence-corrected chi connectivity index (χ3v) is 2.58. The molecule has 0 aliphatic carbocycles. The van der Waals surface area contributed by atoms with E-state index in [2.05, 4.69) is 9.98 Å². The molecule has 0 amide bonds. The molecule has 18 heavy (non-hydrogen) atoms. The van der Waals surface area contributed by atoms with Crippen molar-refractivity contribution in [3.63, 3.8) is 0 Å². The predicted octanol–water partition coefficient (Wildman–Crippen LogP) is 1.18. The third kappa shape index (κ3) is 2.22. The molecule has 1 aromatic rings. The number of aliphatic imine (C=N–C) groups is 1. The number of ether oxygens (including phenoxy) is 2. The number of nitrogens with zero attached hydrogens (tertiary/aromatic N) is 2. The topological polar surface area (TPSA) is 60.8 Å². The van der Waals surface area contributed by atoms with Crippen LogP contribution in [0.5, 0.6) is 5.75 Å². The third-order valence-electron chi connectivity index (χ3n) is 2.58. The van der Waals surface area contributed by atoms with E-state index in [1.165, 1.54) is 7.11 Å². The lowest BCUT2D eigenvalue weighted by atomic mass is 10.0. The minimum Gasteiger partial charge on any atom is -0.497 e. The lowest BCUT2D eigenvalue weighted by molar-refractivity contribution is 0.173. The number of hydrogen-bond acceptors (Lipinski definition) is 5. The molecule has 2 rings (SSSR count). The van der Waals surface area contributed by atoms with Crippen molar-refractivity contribution in [2.24, 2.45) is 4.99 Å². The summed E-state index contributed by atoms with van der Waals surface area (Å²) in [6.07, 6.45) is 4.43. The molecule has 1 atom stereocenters. The Balaban J connectivity index is 2.45. The van der Waals surface area contributed by atoms with Crippen LogP contribution in [-0.4, -0.2) is 37.0 Å². The Morgan fingerprint density at radius 2 is 2.22 bits per heavy atom. The van der Waals surface area contributed by atoms with Crippen LogP contribution in [0.2, 0.25) is 0 Å². The van der Waals surface area contributed by atoms with Crippen molar-refractivity contribution in [3.05, 3.63) is 41.9 Å². The molecule has 1 unspecified atom stereocenters. The minimum atomic E-state index is -0.442. The molecule has 92 valence electrons. The SMILES string of the molecule is COc1ccnc(C2=NC=CC(OC)C2=C=O)c1. The van der Waals surface area contributed by atoms with E-state index < -0.39 is 6.10 Å². The molecule has 5 heteroatoms. The molecule has 2 heterocycles. The minimum absolute atomic E-state index is 0.334. The molecule has 5 nitrogen and oxygen atoms in total. The molecule has 0 saturated carbocycles. The van der Waals surface area contributed by atoms with E-state index in [0.717, 1.165) is 0 Å². The van der Waals surface area contributed by atoms with Gasteiger partial charge in [0.1, 0.15) is 23.5 Å². The van der Waals surface area contributed by atoms with Gasteiger partial charge in [-0.1, -0.05) is 0 Å². The van der Waals surface area contributed by atoms with Gasteiger partial charge in [0.25, 0.3) is 0 Å². The lowest BCUT2D eigenvalue weighted by Gasteiger charge is -2.17. The van der Waals surface area contributed by atoms with Crippen molar-refractivity contribution in [3.8, 4) is 5.75 Å². The highest BCUT2D eigenvalue weighted by molar-refractivity contribution is 6.17. The Labute approximate surface area is 104 Å². The zero-order valence-electron chi connectivity index (χ0n) is 10.1. The summed E-state index contributed by atoms with van der Waals surface area (Å²) in [5, 5.41) is 0. The summed E-state index contributed by atoms with van der Waals surface area (Å²) in [4.78, 5) is 19.4. The van der Waals surface area contributed by atoms with E-state index >= 15 is 0 Å². The zero-order valence-corrected chi connectivity index (χ0v) is 10.1. The first-order valence-corrected chi connectivity index (χ1v) is 5.33. The van der Waals surface area contributed by atoms with Crippen LogP contribution >= 0.6 is 0 Å². The van der Waals surface area contributed by atoms with E-state index in [0.29, 0.717) is 22.7 Å². The van der Waals surface area contributed by atoms with Crippen molar-refractivity contribution in [1.29, 1.82) is 0 Å². The monoisotopic (exact) mass is 244 g/mol. The second kappa shape index (κ2) is 5.40. The fraction of sp³-hybridized carbons (Fsp3) is 0.231. The highest BCUT2D eigenvalue weighted by Gasteiger charge is 2.23. The number of pyridine rings is 1. The van der Waals surface area contributed by atoms with Gasteiger partial charge < -0.3 is 9.47 Å². The van der Waals surface area contributed by atoms with Crippen LogP contribution < -0.4 is 4.74 Å². The maximum atomic E-state index is 11.1. The summed E-state index contributed by atoms with van der Waals surface area (Å²) in [6, 6.07) is 3.43. The van der Waals surface area contributed by atoms with E-state index in [1.54, 1.807) is 37.7 Å². The Morgan fingerprint density at radius 1 is 1.39 bits per heavy atom. The summed E-state index contributed by atoms with van der Waals surface area (Å²) < 4.78 is 10.3. The van der Waals surface area contributed by atoms with Crippen LogP contribution in [0.15, 0.2) is 41.2 Å². The van der Waals surface area contributed by atoms with Crippen molar-refractivity contribution in [2.75, 3.05) is 14.2 Å². The van der Waals surface area contributed by atoms with Gasteiger partial charge in [0, 0.05) is 25.6 Å².